The first-order valence-corrected chi connectivity index (χ1v) is 5.78. The Kier molecular flexibility index (Phi) is 3.10. The molecule has 1 aromatic rings. The third-order valence-corrected chi connectivity index (χ3v) is 3.26. The number of hydrogen-bond donors (Lipinski definition) is 0. The first-order chi connectivity index (χ1) is 7.79. The van der Waals surface area contributed by atoms with Crippen LogP contribution in [0.15, 0.2) is 30.3 Å². The highest BCUT2D eigenvalue weighted by Crippen LogP contribution is 2.49. The van der Waals surface area contributed by atoms with Crippen molar-refractivity contribution < 1.29 is 4.79 Å². The zero-order chi connectivity index (χ0) is 11.4. The van der Waals surface area contributed by atoms with Crippen LogP contribution in [-0.4, -0.2) is 5.78 Å². The van der Waals surface area contributed by atoms with Gasteiger partial charge in [0.1, 0.15) is 5.78 Å². The molecular weight excluding hydrogens is 196 g/mol. The topological polar surface area (TPSA) is 17.1 Å². The number of carbonyl (C=O) groups is 1. The lowest BCUT2D eigenvalue weighted by Gasteiger charge is -2.13. The molecule has 0 N–H and O–H groups in total. The maximum absolute atomic E-state index is 12.1. The van der Waals surface area contributed by atoms with Crippen LogP contribution < -0.4 is 0 Å². The molecule has 0 aliphatic heterocycles. The molecule has 0 amide bonds. The Labute approximate surface area is 96.9 Å². The maximum Gasteiger partial charge on any atom is 0.144 e. The molecule has 1 heteroatoms. The summed E-state index contributed by atoms with van der Waals surface area (Å²) in [7, 11) is 0. The lowest BCUT2D eigenvalue weighted by molar-refractivity contribution is -0.121. The van der Waals surface area contributed by atoms with Gasteiger partial charge < -0.3 is 0 Å². The second-order valence-electron chi connectivity index (χ2n) is 4.30. The number of benzene rings is 1. The minimum Gasteiger partial charge on any atom is -0.299 e. The summed E-state index contributed by atoms with van der Waals surface area (Å²) in [5, 5.41) is 0. The molecule has 16 heavy (non-hydrogen) atoms. The van der Waals surface area contributed by atoms with Gasteiger partial charge in [0.15, 0.2) is 0 Å². The van der Waals surface area contributed by atoms with E-state index in [-0.39, 0.29) is 5.41 Å². The molecule has 0 bridgehead atoms. The highest BCUT2D eigenvalue weighted by Gasteiger charge is 2.49. The maximum atomic E-state index is 12.1. The van der Waals surface area contributed by atoms with Crippen molar-refractivity contribution in [2.75, 3.05) is 0 Å². The normalized spacial score (nSPS) is 16.1. The fraction of sp³-hybridized carbons (Fsp3) is 0.400. The summed E-state index contributed by atoms with van der Waals surface area (Å²) in [4.78, 5) is 12.1. The van der Waals surface area contributed by atoms with Crippen molar-refractivity contribution in [3.05, 3.63) is 35.9 Å². The van der Waals surface area contributed by atoms with Crippen LogP contribution in [0.5, 0.6) is 0 Å². The summed E-state index contributed by atoms with van der Waals surface area (Å²) in [6.07, 6.45) is 3.31. The minimum atomic E-state index is -0.156. The smallest absolute Gasteiger partial charge is 0.144 e. The quantitative estimate of drug-likeness (QED) is 0.701. The van der Waals surface area contributed by atoms with Gasteiger partial charge in [-0.25, -0.2) is 0 Å². The molecule has 0 heterocycles. The van der Waals surface area contributed by atoms with Crippen LogP contribution in [-0.2, 0) is 10.2 Å². The molecule has 1 aromatic carbocycles. The Morgan fingerprint density at radius 2 is 2.00 bits per heavy atom. The molecule has 0 unspecified atom stereocenters. The van der Waals surface area contributed by atoms with Gasteiger partial charge in [-0.15, -0.1) is 11.8 Å². The summed E-state index contributed by atoms with van der Waals surface area (Å²) in [6.45, 7) is 1.81. The van der Waals surface area contributed by atoms with Crippen molar-refractivity contribution in [3.63, 3.8) is 0 Å². The SMILES string of the molecule is CC#CCCC(=O)C1(c2ccccc2)CC1. The van der Waals surface area contributed by atoms with Crippen molar-refractivity contribution in [1.29, 1.82) is 0 Å². The van der Waals surface area contributed by atoms with Crippen LogP contribution >= 0.6 is 0 Å². The molecule has 0 saturated heterocycles. The second-order valence-corrected chi connectivity index (χ2v) is 4.30. The van der Waals surface area contributed by atoms with Gasteiger partial charge in [0, 0.05) is 12.8 Å². The van der Waals surface area contributed by atoms with Gasteiger partial charge in [0.25, 0.3) is 0 Å². The summed E-state index contributed by atoms with van der Waals surface area (Å²) in [5.41, 5.74) is 1.03. The Balaban J connectivity index is 2.08. The van der Waals surface area contributed by atoms with Gasteiger partial charge in [0.05, 0.1) is 5.41 Å². The zero-order valence-electron chi connectivity index (χ0n) is 9.62. The van der Waals surface area contributed by atoms with Crippen molar-refractivity contribution in [2.45, 2.75) is 38.0 Å². The standard InChI is InChI=1S/C15H16O/c1-2-3-5-10-14(16)15(11-12-15)13-8-6-4-7-9-13/h4,6-9H,5,10-12H2,1H3. The molecule has 1 aliphatic rings. The van der Waals surface area contributed by atoms with Gasteiger partial charge in [0.2, 0.25) is 0 Å². The monoisotopic (exact) mass is 212 g/mol. The van der Waals surface area contributed by atoms with E-state index in [1.165, 1.54) is 5.56 Å². The minimum absolute atomic E-state index is 0.156. The third-order valence-electron chi connectivity index (χ3n) is 3.26. The average Bonchev–Trinajstić information content (AvgIpc) is 3.12. The van der Waals surface area contributed by atoms with Crippen LogP contribution in [0.25, 0.3) is 0 Å². The van der Waals surface area contributed by atoms with E-state index in [0.29, 0.717) is 18.6 Å². The highest BCUT2D eigenvalue weighted by atomic mass is 16.1. The summed E-state index contributed by atoms with van der Waals surface area (Å²) >= 11 is 0. The van der Waals surface area contributed by atoms with Crippen LogP contribution in [0.3, 0.4) is 0 Å². The first-order valence-electron chi connectivity index (χ1n) is 5.78. The summed E-state index contributed by atoms with van der Waals surface area (Å²) < 4.78 is 0. The Morgan fingerprint density at radius 3 is 2.56 bits per heavy atom. The van der Waals surface area contributed by atoms with E-state index >= 15 is 0 Å². The number of rotatable bonds is 4. The van der Waals surface area contributed by atoms with E-state index in [1.54, 1.807) is 0 Å². The van der Waals surface area contributed by atoms with Crippen LogP contribution in [0.1, 0.15) is 38.2 Å². The van der Waals surface area contributed by atoms with E-state index < -0.39 is 0 Å². The Hall–Kier alpha value is -1.55. The molecule has 1 saturated carbocycles. The zero-order valence-corrected chi connectivity index (χ0v) is 9.62. The second kappa shape index (κ2) is 4.53. The molecule has 1 nitrogen and oxygen atoms in total. The Morgan fingerprint density at radius 1 is 1.31 bits per heavy atom. The highest BCUT2D eigenvalue weighted by molar-refractivity contribution is 5.93. The van der Waals surface area contributed by atoms with Crippen LogP contribution in [0.2, 0.25) is 0 Å². The van der Waals surface area contributed by atoms with Crippen LogP contribution in [0, 0.1) is 11.8 Å². The summed E-state index contributed by atoms with van der Waals surface area (Å²) in [5.74, 6) is 6.15. The first kappa shape index (κ1) is 11.0. The molecule has 0 spiro atoms. The van der Waals surface area contributed by atoms with E-state index in [0.717, 1.165) is 12.8 Å². The number of ketones is 1. The van der Waals surface area contributed by atoms with Gasteiger partial charge in [-0.05, 0) is 25.3 Å². The third kappa shape index (κ3) is 2.02. The largest absolute Gasteiger partial charge is 0.299 e. The van der Waals surface area contributed by atoms with Crippen molar-refractivity contribution in [2.24, 2.45) is 0 Å². The number of Topliss-reactive ketones (excluding diaryl/α,β-unsaturated/α-hetero) is 1. The van der Waals surface area contributed by atoms with Crippen LogP contribution in [0.4, 0.5) is 0 Å². The lowest BCUT2D eigenvalue weighted by atomic mass is 9.89. The molecule has 1 fully saturated rings. The fourth-order valence-corrected chi connectivity index (χ4v) is 2.15. The molecular formula is C15H16O. The fourth-order valence-electron chi connectivity index (χ4n) is 2.15. The van der Waals surface area contributed by atoms with Crippen molar-refractivity contribution in [3.8, 4) is 11.8 Å². The van der Waals surface area contributed by atoms with E-state index in [1.807, 2.05) is 25.1 Å². The van der Waals surface area contributed by atoms with E-state index in [9.17, 15) is 4.79 Å². The van der Waals surface area contributed by atoms with Crippen molar-refractivity contribution >= 4 is 5.78 Å². The molecule has 1 aliphatic carbocycles. The molecule has 0 radical (unpaired) electrons. The average molecular weight is 212 g/mol. The molecule has 82 valence electrons. The van der Waals surface area contributed by atoms with Gasteiger partial charge in [-0.3, -0.25) is 4.79 Å². The van der Waals surface area contributed by atoms with E-state index in [4.69, 9.17) is 0 Å². The molecule has 0 atom stereocenters. The number of carbonyl (C=O) groups excluding carboxylic acids is 1. The van der Waals surface area contributed by atoms with Gasteiger partial charge >= 0.3 is 0 Å². The number of hydrogen-bond acceptors (Lipinski definition) is 1. The van der Waals surface area contributed by atoms with Gasteiger partial charge in [-0.2, -0.15) is 0 Å². The van der Waals surface area contributed by atoms with E-state index in [2.05, 4.69) is 24.0 Å². The predicted octanol–water partition coefficient (Wildman–Crippen LogP) is 3.09. The van der Waals surface area contributed by atoms with Crippen molar-refractivity contribution in [1.82, 2.24) is 0 Å². The molecule has 2 rings (SSSR count). The van der Waals surface area contributed by atoms with Gasteiger partial charge in [-0.1, -0.05) is 30.3 Å². The Bertz CT molecular complexity index is 429. The lowest BCUT2D eigenvalue weighted by Crippen LogP contribution is -2.19. The molecule has 0 aromatic heterocycles. The predicted molar refractivity (Wildman–Crippen MR) is 65.0 cm³/mol. The summed E-state index contributed by atoms with van der Waals surface area (Å²) in [6, 6.07) is 10.1.